The van der Waals surface area contributed by atoms with Crippen LogP contribution in [-0.2, 0) is 11.3 Å². The SMILES string of the molecule is CCCCCNC(=O)Nc1cccc(CN(C)C(C)=O)c1. The van der Waals surface area contributed by atoms with E-state index in [0.717, 1.165) is 30.5 Å². The maximum atomic E-state index is 11.7. The van der Waals surface area contributed by atoms with Crippen LogP contribution in [0.1, 0.15) is 38.7 Å². The molecule has 0 aliphatic rings. The van der Waals surface area contributed by atoms with Crippen LogP contribution in [0, 0.1) is 0 Å². The molecule has 0 aliphatic heterocycles. The summed E-state index contributed by atoms with van der Waals surface area (Å²) >= 11 is 0. The fraction of sp³-hybridized carbons (Fsp3) is 0.500. The molecule has 1 rings (SSSR count). The predicted molar refractivity (Wildman–Crippen MR) is 85.1 cm³/mol. The lowest BCUT2D eigenvalue weighted by molar-refractivity contribution is -0.128. The highest BCUT2D eigenvalue weighted by Crippen LogP contribution is 2.12. The molecule has 2 N–H and O–H groups in total. The standard InChI is InChI=1S/C16H25N3O2/c1-4-5-6-10-17-16(21)18-15-9-7-8-14(11-15)12-19(3)13(2)20/h7-9,11H,4-6,10,12H2,1-3H3,(H2,17,18,21). The van der Waals surface area contributed by atoms with Crippen LogP contribution in [0.15, 0.2) is 24.3 Å². The number of carbonyl (C=O) groups is 2. The van der Waals surface area contributed by atoms with Crippen molar-refractivity contribution in [1.29, 1.82) is 0 Å². The lowest BCUT2D eigenvalue weighted by Crippen LogP contribution is -2.29. The van der Waals surface area contributed by atoms with E-state index in [0.29, 0.717) is 13.1 Å². The highest BCUT2D eigenvalue weighted by molar-refractivity contribution is 5.89. The van der Waals surface area contributed by atoms with Crippen molar-refractivity contribution < 1.29 is 9.59 Å². The predicted octanol–water partition coefficient (Wildman–Crippen LogP) is 2.98. The minimum Gasteiger partial charge on any atom is -0.342 e. The van der Waals surface area contributed by atoms with Gasteiger partial charge in [-0.1, -0.05) is 31.9 Å². The summed E-state index contributed by atoms with van der Waals surface area (Å²) in [6.07, 6.45) is 3.25. The van der Waals surface area contributed by atoms with Crippen molar-refractivity contribution in [2.75, 3.05) is 18.9 Å². The molecule has 5 nitrogen and oxygen atoms in total. The number of nitrogens with one attached hydrogen (secondary N) is 2. The molecule has 0 atom stereocenters. The fourth-order valence-electron chi connectivity index (χ4n) is 1.88. The molecule has 21 heavy (non-hydrogen) atoms. The number of unbranched alkanes of at least 4 members (excludes halogenated alkanes) is 2. The van der Waals surface area contributed by atoms with E-state index >= 15 is 0 Å². The van der Waals surface area contributed by atoms with Crippen LogP contribution in [-0.4, -0.2) is 30.4 Å². The Morgan fingerprint density at radius 1 is 1.24 bits per heavy atom. The second-order valence-electron chi connectivity index (χ2n) is 5.16. The Morgan fingerprint density at radius 2 is 2.00 bits per heavy atom. The topological polar surface area (TPSA) is 61.4 Å². The van der Waals surface area contributed by atoms with Gasteiger partial charge in [0.25, 0.3) is 0 Å². The number of benzene rings is 1. The van der Waals surface area contributed by atoms with E-state index in [4.69, 9.17) is 0 Å². The van der Waals surface area contributed by atoms with Gasteiger partial charge in [0.1, 0.15) is 0 Å². The summed E-state index contributed by atoms with van der Waals surface area (Å²) in [5.41, 5.74) is 1.72. The molecule has 0 spiro atoms. The molecule has 0 radical (unpaired) electrons. The van der Waals surface area contributed by atoms with Crippen molar-refractivity contribution >= 4 is 17.6 Å². The summed E-state index contributed by atoms with van der Waals surface area (Å²) in [5, 5.41) is 5.64. The summed E-state index contributed by atoms with van der Waals surface area (Å²) in [6.45, 7) is 4.88. The Labute approximate surface area is 126 Å². The molecule has 1 aromatic rings. The summed E-state index contributed by atoms with van der Waals surface area (Å²) in [6, 6.07) is 7.33. The Hall–Kier alpha value is -2.04. The van der Waals surface area contributed by atoms with Crippen molar-refractivity contribution in [3.8, 4) is 0 Å². The lowest BCUT2D eigenvalue weighted by atomic mass is 10.2. The molecule has 1 aromatic carbocycles. The smallest absolute Gasteiger partial charge is 0.319 e. The van der Waals surface area contributed by atoms with E-state index in [9.17, 15) is 9.59 Å². The number of carbonyl (C=O) groups excluding carboxylic acids is 2. The molecular formula is C16H25N3O2. The van der Waals surface area contributed by atoms with Crippen LogP contribution in [0.5, 0.6) is 0 Å². The van der Waals surface area contributed by atoms with E-state index in [1.165, 1.54) is 6.92 Å². The van der Waals surface area contributed by atoms with Crippen molar-refractivity contribution in [3.63, 3.8) is 0 Å². The first-order chi connectivity index (χ1) is 10.0. The fourth-order valence-corrected chi connectivity index (χ4v) is 1.88. The van der Waals surface area contributed by atoms with Crippen LogP contribution in [0.4, 0.5) is 10.5 Å². The van der Waals surface area contributed by atoms with Gasteiger partial charge < -0.3 is 15.5 Å². The molecular weight excluding hydrogens is 266 g/mol. The number of hydrogen-bond acceptors (Lipinski definition) is 2. The average molecular weight is 291 g/mol. The first-order valence-electron chi connectivity index (χ1n) is 7.38. The largest absolute Gasteiger partial charge is 0.342 e. The van der Waals surface area contributed by atoms with Gasteiger partial charge in [-0.2, -0.15) is 0 Å². The number of rotatable bonds is 7. The van der Waals surface area contributed by atoms with E-state index in [1.54, 1.807) is 11.9 Å². The zero-order valence-electron chi connectivity index (χ0n) is 13.1. The number of urea groups is 1. The van der Waals surface area contributed by atoms with Crippen LogP contribution >= 0.6 is 0 Å². The highest BCUT2D eigenvalue weighted by Gasteiger charge is 2.05. The zero-order valence-corrected chi connectivity index (χ0v) is 13.1. The number of anilines is 1. The second kappa shape index (κ2) is 9.00. The highest BCUT2D eigenvalue weighted by atomic mass is 16.2. The third-order valence-electron chi connectivity index (χ3n) is 3.21. The van der Waals surface area contributed by atoms with Gasteiger partial charge in [0.15, 0.2) is 0 Å². The molecule has 0 aliphatic carbocycles. The van der Waals surface area contributed by atoms with Crippen molar-refractivity contribution in [3.05, 3.63) is 29.8 Å². The van der Waals surface area contributed by atoms with E-state index in [1.807, 2.05) is 24.3 Å². The number of amides is 3. The minimum atomic E-state index is -0.192. The third-order valence-corrected chi connectivity index (χ3v) is 3.21. The summed E-state index contributed by atoms with van der Waals surface area (Å²) in [4.78, 5) is 24.6. The van der Waals surface area contributed by atoms with Crippen LogP contribution in [0.3, 0.4) is 0 Å². The maximum absolute atomic E-state index is 11.7. The molecule has 5 heteroatoms. The average Bonchev–Trinajstić information content (AvgIpc) is 2.44. The van der Waals surface area contributed by atoms with Crippen molar-refractivity contribution in [1.82, 2.24) is 10.2 Å². The monoisotopic (exact) mass is 291 g/mol. The maximum Gasteiger partial charge on any atom is 0.319 e. The molecule has 116 valence electrons. The van der Waals surface area contributed by atoms with E-state index in [2.05, 4.69) is 17.6 Å². The molecule has 0 unspecified atom stereocenters. The van der Waals surface area contributed by atoms with E-state index < -0.39 is 0 Å². The zero-order chi connectivity index (χ0) is 15.7. The lowest BCUT2D eigenvalue weighted by Gasteiger charge is -2.15. The molecule has 3 amide bonds. The molecule has 0 saturated carbocycles. The quantitative estimate of drug-likeness (QED) is 0.759. The van der Waals surface area contributed by atoms with Crippen LogP contribution in [0.2, 0.25) is 0 Å². The first kappa shape index (κ1) is 17.0. The first-order valence-corrected chi connectivity index (χ1v) is 7.38. The Balaban J connectivity index is 2.48. The van der Waals surface area contributed by atoms with Crippen LogP contribution in [0.25, 0.3) is 0 Å². The minimum absolute atomic E-state index is 0.0158. The Bertz CT molecular complexity index is 474. The molecule has 0 bridgehead atoms. The van der Waals surface area contributed by atoms with Gasteiger partial charge in [-0.3, -0.25) is 4.79 Å². The van der Waals surface area contributed by atoms with Gasteiger partial charge in [-0.05, 0) is 24.1 Å². The van der Waals surface area contributed by atoms with Crippen molar-refractivity contribution in [2.45, 2.75) is 39.7 Å². The van der Waals surface area contributed by atoms with Gasteiger partial charge >= 0.3 is 6.03 Å². The van der Waals surface area contributed by atoms with Gasteiger partial charge in [0, 0.05) is 32.7 Å². The molecule has 0 fully saturated rings. The van der Waals surface area contributed by atoms with Gasteiger partial charge in [-0.15, -0.1) is 0 Å². The third kappa shape index (κ3) is 6.79. The number of hydrogen-bond donors (Lipinski definition) is 2. The van der Waals surface area contributed by atoms with Gasteiger partial charge in [-0.25, -0.2) is 4.79 Å². The molecule has 0 aromatic heterocycles. The van der Waals surface area contributed by atoms with Gasteiger partial charge in [0.05, 0.1) is 0 Å². The molecule has 0 heterocycles. The summed E-state index contributed by atoms with van der Waals surface area (Å²) in [5.74, 6) is 0.0158. The number of nitrogens with zero attached hydrogens (tertiary/aromatic N) is 1. The Kier molecular flexibility index (Phi) is 7.29. The molecule has 0 saturated heterocycles. The summed E-state index contributed by atoms with van der Waals surface area (Å²) in [7, 11) is 1.75. The van der Waals surface area contributed by atoms with Crippen LogP contribution < -0.4 is 10.6 Å². The second-order valence-corrected chi connectivity index (χ2v) is 5.16. The Morgan fingerprint density at radius 3 is 2.67 bits per heavy atom. The van der Waals surface area contributed by atoms with Gasteiger partial charge in [0.2, 0.25) is 5.91 Å². The van der Waals surface area contributed by atoms with Crippen molar-refractivity contribution in [2.24, 2.45) is 0 Å². The normalized spacial score (nSPS) is 10.0. The summed E-state index contributed by atoms with van der Waals surface area (Å²) < 4.78 is 0. The van der Waals surface area contributed by atoms with E-state index in [-0.39, 0.29) is 11.9 Å².